The molecule has 1 aromatic rings. The molecule has 7 heteroatoms. The lowest BCUT2D eigenvalue weighted by Gasteiger charge is -2.16. The maximum atomic E-state index is 11.9. The van der Waals surface area contributed by atoms with Crippen molar-refractivity contribution in [3.8, 4) is 0 Å². The van der Waals surface area contributed by atoms with Crippen LogP contribution >= 0.6 is 0 Å². The zero-order valence-electron chi connectivity index (χ0n) is 12.1. The summed E-state index contributed by atoms with van der Waals surface area (Å²) in [6, 6.07) is 4.61. The Hall–Kier alpha value is -1.31. The molecule has 114 valence electrons. The van der Waals surface area contributed by atoms with Crippen LogP contribution in [0.25, 0.3) is 0 Å². The van der Waals surface area contributed by atoms with Crippen molar-refractivity contribution in [3.63, 3.8) is 0 Å². The van der Waals surface area contributed by atoms with E-state index < -0.39 is 10.0 Å². The predicted octanol–water partition coefficient (Wildman–Crippen LogP) is 1.40. The number of sulfonamides is 1. The first-order valence-electron chi connectivity index (χ1n) is 6.65. The first kappa shape index (κ1) is 16.7. The summed E-state index contributed by atoms with van der Waals surface area (Å²) in [6.07, 6.45) is 0.0217. The van der Waals surface area contributed by atoms with E-state index in [0.29, 0.717) is 31.1 Å². The van der Waals surface area contributed by atoms with E-state index in [4.69, 9.17) is 10.5 Å². The topological polar surface area (TPSA) is 93.5 Å². The van der Waals surface area contributed by atoms with Crippen LogP contribution in [-0.4, -0.2) is 34.2 Å². The quantitative estimate of drug-likeness (QED) is 0.631. The smallest absolute Gasteiger partial charge is 0.240 e. The van der Waals surface area contributed by atoms with Crippen LogP contribution < -0.4 is 15.8 Å². The van der Waals surface area contributed by atoms with Gasteiger partial charge >= 0.3 is 0 Å². The minimum absolute atomic E-state index is 0.0217. The molecule has 0 saturated heterocycles. The average Bonchev–Trinajstić information content (AvgIpc) is 2.37. The lowest BCUT2D eigenvalue weighted by Crippen LogP contribution is -2.24. The number of benzene rings is 1. The monoisotopic (exact) mass is 301 g/mol. The van der Waals surface area contributed by atoms with Gasteiger partial charge in [-0.05, 0) is 32.0 Å². The average molecular weight is 301 g/mol. The van der Waals surface area contributed by atoms with Crippen LogP contribution in [-0.2, 0) is 14.8 Å². The summed E-state index contributed by atoms with van der Waals surface area (Å²) in [4.78, 5) is 0.195. The van der Waals surface area contributed by atoms with Crippen molar-refractivity contribution in [2.75, 3.05) is 30.7 Å². The Morgan fingerprint density at radius 2 is 2.05 bits per heavy atom. The molecule has 0 aliphatic heterocycles. The summed E-state index contributed by atoms with van der Waals surface area (Å²) in [6.45, 7) is 7.13. The van der Waals surface area contributed by atoms with Crippen LogP contribution in [0.5, 0.6) is 0 Å². The molecule has 1 aromatic carbocycles. The first-order valence-corrected chi connectivity index (χ1v) is 8.13. The minimum atomic E-state index is -3.48. The van der Waals surface area contributed by atoms with Crippen LogP contribution in [0.2, 0.25) is 0 Å². The number of hydrogen-bond donors (Lipinski definition) is 3. The Balaban J connectivity index is 2.87. The molecule has 0 heterocycles. The Morgan fingerprint density at radius 3 is 2.65 bits per heavy atom. The van der Waals surface area contributed by atoms with Gasteiger partial charge in [-0.1, -0.05) is 6.92 Å². The molecule has 1 atom stereocenters. The highest BCUT2D eigenvalue weighted by Gasteiger charge is 2.14. The summed E-state index contributed by atoms with van der Waals surface area (Å²) < 4.78 is 31.7. The van der Waals surface area contributed by atoms with Gasteiger partial charge in [0.15, 0.2) is 0 Å². The molecule has 0 radical (unpaired) electrons. The fourth-order valence-electron chi connectivity index (χ4n) is 1.73. The van der Waals surface area contributed by atoms with E-state index in [-0.39, 0.29) is 11.0 Å². The van der Waals surface area contributed by atoms with Crippen molar-refractivity contribution in [3.05, 3.63) is 18.2 Å². The van der Waals surface area contributed by atoms with Crippen molar-refractivity contribution in [2.45, 2.75) is 31.8 Å². The number of anilines is 2. The zero-order chi connectivity index (χ0) is 15.2. The van der Waals surface area contributed by atoms with Crippen LogP contribution in [0.3, 0.4) is 0 Å². The Bertz CT molecular complexity index is 532. The number of rotatable bonds is 8. The molecule has 0 spiro atoms. The van der Waals surface area contributed by atoms with Crippen LogP contribution in [0, 0.1) is 0 Å². The number of hydrogen-bond acceptors (Lipinski definition) is 5. The molecule has 0 aromatic heterocycles. The second-order valence-electron chi connectivity index (χ2n) is 4.40. The Morgan fingerprint density at radius 1 is 1.35 bits per heavy atom. The number of nitrogens with two attached hydrogens (primary N) is 1. The lowest BCUT2D eigenvalue weighted by molar-refractivity contribution is 0.0855. The van der Waals surface area contributed by atoms with E-state index in [9.17, 15) is 8.42 Å². The van der Waals surface area contributed by atoms with E-state index in [1.807, 2.05) is 13.8 Å². The fourth-order valence-corrected chi connectivity index (χ4v) is 2.79. The molecule has 4 N–H and O–H groups in total. The molecule has 0 aliphatic rings. The van der Waals surface area contributed by atoms with Gasteiger partial charge in [0.2, 0.25) is 10.0 Å². The second-order valence-corrected chi connectivity index (χ2v) is 6.16. The van der Waals surface area contributed by atoms with E-state index in [2.05, 4.69) is 10.0 Å². The highest BCUT2D eigenvalue weighted by molar-refractivity contribution is 7.89. The molecule has 1 unspecified atom stereocenters. The third-order valence-corrected chi connectivity index (χ3v) is 4.24. The molecule has 1 rings (SSSR count). The molecule has 0 bridgehead atoms. The lowest BCUT2D eigenvalue weighted by atomic mass is 10.2. The number of nitrogens with one attached hydrogen (secondary N) is 2. The third-order valence-electron chi connectivity index (χ3n) is 2.70. The minimum Gasteiger partial charge on any atom is -0.397 e. The van der Waals surface area contributed by atoms with Gasteiger partial charge in [-0.2, -0.15) is 0 Å². The van der Waals surface area contributed by atoms with Crippen molar-refractivity contribution in [1.82, 2.24) is 4.72 Å². The van der Waals surface area contributed by atoms with Gasteiger partial charge in [0.25, 0.3) is 0 Å². The maximum absolute atomic E-state index is 11.9. The normalized spacial score (nSPS) is 13.2. The van der Waals surface area contributed by atoms with E-state index in [1.54, 1.807) is 13.0 Å². The van der Waals surface area contributed by atoms with Gasteiger partial charge in [0.1, 0.15) is 0 Å². The van der Waals surface area contributed by atoms with Gasteiger partial charge in [-0.15, -0.1) is 0 Å². The SMILES string of the molecule is CCNS(=O)(=O)c1ccc(N)c(NCC(C)OCC)c1. The maximum Gasteiger partial charge on any atom is 0.240 e. The Labute approximate surface area is 120 Å². The summed E-state index contributed by atoms with van der Waals surface area (Å²) in [5, 5.41) is 3.11. The van der Waals surface area contributed by atoms with Crippen molar-refractivity contribution in [2.24, 2.45) is 0 Å². The number of ether oxygens (including phenoxy) is 1. The standard InChI is InChI=1S/C13H23N3O3S/c1-4-16-20(17,18)11-6-7-12(14)13(8-11)15-9-10(3)19-5-2/h6-8,10,15-16H,4-5,9,14H2,1-3H3. The molecule has 6 nitrogen and oxygen atoms in total. The van der Waals surface area contributed by atoms with Gasteiger partial charge in [0, 0.05) is 19.7 Å². The zero-order valence-corrected chi connectivity index (χ0v) is 13.0. The van der Waals surface area contributed by atoms with Gasteiger partial charge in [0.05, 0.1) is 22.4 Å². The van der Waals surface area contributed by atoms with E-state index >= 15 is 0 Å². The number of nitrogen functional groups attached to an aromatic ring is 1. The van der Waals surface area contributed by atoms with Crippen molar-refractivity contribution >= 4 is 21.4 Å². The van der Waals surface area contributed by atoms with Gasteiger partial charge in [-0.25, -0.2) is 13.1 Å². The molecule has 0 aliphatic carbocycles. The summed E-state index contributed by atoms with van der Waals surface area (Å²) in [5.74, 6) is 0. The summed E-state index contributed by atoms with van der Waals surface area (Å²) >= 11 is 0. The largest absolute Gasteiger partial charge is 0.397 e. The van der Waals surface area contributed by atoms with Crippen LogP contribution in [0.15, 0.2) is 23.1 Å². The van der Waals surface area contributed by atoms with Crippen molar-refractivity contribution in [1.29, 1.82) is 0 Å². The van der Waals surface area contributed by atoms with Gasteiger partial charge in [-0.3, -0.25) is 0 Å². The molecule has 0 amide bonds. The third kappa shape index (κ3) is 4.66. The predicted molar refractivity (Wildman–Crippen MR) is 81.3 cm³/mol. The van der Waals surface area contributed by atoms with E-state index in [0.717, 1.165) is 0 Å². The summed E-state index contributed by atoms with van der Waals surface area (Å²) in [5.41, 5.74) is 6.95. The van der Waals surface area contributed by atoms with Gasteiger partial charge < -0.3 is 15.8 Å². The highest BCUT2D eigenvalue weighted by Crippen LogP contribution is 2.22. The summed E-state index contributed by atoms with van der Waals surface area (Å²) in [7, 11) is -3.48. The molecule has 20 heavy (non-hydrogen) atoms. The fraction of sp³-hybridized carbons (Fsp3) is 0.538. The highest BCUT2D eigenvalue weighted by atomic mass is 32.2. The van der Waals surface area contributed by atoms with E-state index in [1.165, 1.54) is 12.1 Å². The van der Waals surface area contributed by atoms with Crippen molar-refractivity contribution < 1.29 is 13.2 Å². The van der Waals surface area contributed by atoms with Crippen LogP contribution in [0.1, 0.15) is 20.8 Å². The molecule has 0 saturated carbocycles. The first-order chi connectivity index (χ1) is 9.40. The molecule has 0 fully saturated rings. The second kappa shape index (κ2) is 7.47. The molecular formula is C13H23N3O3S. The van der Waals surface area contributed by atoms with Crippen LogP contribution in [0.4, 0.5) is 11.4 Å². The molecular weight excluding hydrogens is 278 g/mol. The Kier molecular flexibility index (Phi) is 6.25.